The quantitative estimate of drug-likeness (QED) is 0.393. The van der Waals surface area contributed by atoms with E-state index in [9.17, 15) is 14.0 Å². The number of rotatable bonds is 8. The Morgan fingerprint density at radius 2 is 1.73 bits per heavy atom. The Bertz CT molecular complexity index is 1260. The summed E-state index contributed by atoms with van der Waals surface area (Å²) < 4.78 is 13.6. The second kappa shape index (κ2) is 13.1. The highest BCUT2D eigenvalue weighted by Gasteiger charge is 2.39. The van der Waals surface area contributed by atoms with Gasteiger partial charge in [-0.2, -0.15) is 0 Å². The van der Waals surface area contributed by atoms with E-state index in [2.05, 4.69) is 58.9 Å². The number of halogens is 1. The first kappa shape index (κ1) is 28.5. The Labute approximate surface area is 240 Å². The standard InChI is InChI=1S/C32H39FN4O2S/c1-22-4-6-23(7-5-22)20-36(21-29-3-2-18-40-29)28-16-17-37(32(39)24-8-10-25(33)11-9-24)30(19-28)31(38)35-27-14-12-26(34)13-15-27/h2-11,18,26-28,30H,12-17,19-21,34H2,1H3,(H,35,38)/t26?,27?,28?,30-/m1/s1. The molecule has 3 aromatic rings. The van der Waals surface area contributed by atoms with E-state index in [4.69, 9.17) is 5.73 Å². The summed E-state index contributed by atoms with van der Waals surface area (Å²) in [4.78, 5) is 32.9. The largest absolute Gasteiger partial charge is 0.352 e. The second-order valence-corrected chi connectivity index (χ2v) is 12.3. The fraction of sp³-hybridized carbons (Fsp3) is 0.438. The molecule has 8 heteroatoms. The van der Waals surface area contributed by atoms with Crippen molar-refractivity contribution >= 4 is 23.2 Å². The maximum atomic E-state index is 13.8. The van der Waals surface area contributed by atoms with Crippen molar-refractivity contribution in [1.29, 1.82) is 0 Å². The molecule has 2 aliphatic rings. The van der Waals surface area contributed by atoms with E-state index in [1.165, 1.54) is 40.3 Å². The third-order valence-corrected chi connectivity index (χ3v) is 9.17. The summed E-state index contributed by atoms with van der Waals surface area (Å²) in [6.45, 7) is 4.11. The first-order chi connectivity index (χ1) is 19.4. The van der Waals surface area contributed by atoms with E-state index in [1.54, 1.807) is 16.2 Å². The Balaban J connectivity index is 1.38. The van der Waals surface area contributed by atoms with Crippen LogP contribution in [-0.2, 0) is 17.9 Å². The van der Waals surface area contributed by atoms with Crippen molar-refractivity contribution in [3.8, 4) is 0 Å². The van der Waals surface area contributed by atoms with Gasteiger partial charge in [-0.15, -0.1) is 11.3 Å². The van der Waals surface area contributed by atoms with Crippen LogP contribution >= 0.6 is 11.3 Å². The number of hydrogen-bond donors (Lipinski definition) is 2. The van der Waals surface area contributed by atoms with Crippen LogP contribution in [0.2, 0.25) is 0 Å². The molecule has 1 aromatic heterocycles. The molecule has 1 unspecified atom stereocenters. The number of carbonyl (C=O) groups is 2. The van der Waals surface area contributed by atoms with Gasteiger partial charge in [0.15, 0.2) is 0 Å². The summed E-state index contributed by atoms with van der Waals surface area (Å²) >= 11 is 1.74. The van der Waals surface area contributed by atoms with Crippen molar-refractivity contribution in [1.82, 2.24) is 15.1 Å². The van der Waals surface area contributed by atoms with Crippen LogP contribution in [0.25, 0.3) is 0 Å². The lowest BCUT2D eigenvalue weighted by Crippen LogP contribution is -2.58. The van der Waals surface area contributed by atoms with Gasteiger partial charge in [0.1, 0.15) is 11.9 Å². The van der Waals surface area contributed by atoms with Crippen molar-refractivity contribution in [2.75, 3.05) is 6.54 Å². The van der Waals surface area contributed by atoms with E-state index in [0.29, 0.717) is 18.5 Å². The number of likely N-dealkylation sites (tertiary alicyclic amines) is 1. The van der Waals surface area contributed by atoms with Gasteiger partial charge >= 0.3 is 0 Å². The molecular formula is C32H39FN4O2S. The Kier molecular flexibility index (Phi) is 9.29. The maximum Gasteiger partial charge on any atom is 0.254 e. The number of amides is 2. The third-order valence-electron chi connectivity index (χ3n) is 8.31. The van der Waals surface area contributed by atoms with Gasteiger partial charge in [-0.3, -0.25) is 14.5 Å². The van der Waals surface area contributed by atoms with Gasteiger partial charge in [-0.1, -0.05) is 35.9 Å². The zero-order chi connectivity index (χ0) is 28.1. The average Bonchev–Trinajstić information content (AvgIpc) is 3.48. The van der Waals surface area contributed by atoms with Gasteiger partial charge in [-0.05, 0) is 86.7 Å². The van der Waals surface area contributed by atoms with Crippen molar-refractivity contribution in [2.24, 2.45) is 5.73 Å². The molecule has 0 radical (unpaired) electrons. The van der Waals surface area contributed by atoms with Gasteiger partial charge in [0, 0.05) is 48.2 Å². The Hall–Kier alpha value is -3.07. The SMILES string of the molecule is Cc1ccc(CN(Cc2cccs2)C2CCN(C(=O)c3ccc(F)cc3)[C@@H](C(=O)NC3CCC(N)CC3)C2)cc1. The van der Waals surface area contributed by atoms with Crippen LogP contribution in [0, 0.1) is 12.7 Å². The average molecular weight is 563 g/mol. The minimum atomic E-state index is -0.601. The summed E-state index contributed by atoms with van der Waals surface area (Å²) in [7, 11) is 0. The third kappa shape index (κ3) is 7.16. The molecule has 1 saturated carbocycles. The predicted octanol–water partition coefficient (Wildman–Crippen LogP) is 5.26. The number of nitrogens with two attached hydrogens (primary N) is 1. The number of nitrogens with one attached hydrogen (secondary N) is 1. The van der Waals surface area contributed by atoms with Crippen LogP contribution < -0.4 is 11.1 Å². The molecule has 3 N–H and O–H groups in total. The summed E-state index contributed by atoms with van der Waals surface area (Å²) in [6, 6.07) is 18.2. The first-order valence-corrected chi connectivity index (χ1v) is 15.2. The summed E-state index contributed by atoms with van der Waals surface area (Å²) in [5, 5.41) is 5.34. The van der Waals surface area contributed by atoms with Gasteiger partial charge in [0.25, 0.3) is 5.91 Å². The lowest BCUT2D eigenvalue weighted by molar-refractivity contribution is -0.128. The van der Waals surface area contributed by atoms with E-state index < -0.39 is 6.04 Å². The number of thiophene rings is 1. The van der Waals surface area contributed by atoms with E-state index in [0.717, 1.165) is 45.2 Å². The molecule has 6 nitrogen and oxygen atoms in total. The molecule has 40 heavy (non-hydrogen) atoms. The van der Waals surface area contributed by atoms with Gasteiger partial charge in [0.2, 0.25) is 5.91 Å². The molecule has 1 aliphatic carbocycles. The van der Waals surface area contributed by atoms with Gasteiger partial charge in [-0.25, -0.2) is 4.39 Å². The highest BCUT2D eigenvalue weighted by molar-refractivity contribution is 7.09. The lowest BCUT2D eigenvalue weighted by atomic mass is 9.90. The number of nitrogens with zero attached hydrogens (tertiary/aromatic N) is 2. The van der Waals surface area contributed by atoms with Crippen LogP contribution in [0.15, 0.2) is 66.0 Å². The van der Waals surface area contributed by atoms with Gasteiger partial charge in [0.05, 0.1) is 0 Å². The highest BCUT2D eigenvalue weighted by atomic mass is 32.1. The zero-order valence-corrected chi connectivity index (χ0v) is 23.9. The second-order valence-electron chi connectivity index (χ2n) is 11.3. The van der Waals surface area contributed by atoms with Crippen LogP contribution in [0.5, 0.6) is 0 Å². The molecule has 1 saturated heterocycles. The molecule has 0 spiro atoms. The normalized spacial score (nSPS) is 23.2. The fourth-order valence-corrected chi connectivity index (χ4v) is 6.66. The topological polar surface area (TPSA) is 78.7 Å². The van der Waals surface area contributed by atoms with Crippen molar-refractivity contribution in [3.63, 3.8) is 0 Å². The molecule has 2 fully saturated rings. The van der Waals surface area contributed by atoms with Crippen LogP contribution in [-0.4, -0.2) is 52.3 Å². The molecule has 1 aliphatic heterocycles. The summed E-state index contributed by atoms with van der Waals surface area (Å²) in [6.07, 6.45) is 4.79. The molecule has 212 valence electrons. The van der Waals surface area contributed by atoms with Crippen LogP contribution in [0.3, 0.4) is 0 Å². The van der Waals surface area contributed by atoms with Gasteiger partial charge < -0.3 is 16.0 Å². The number of aryl methyl sites for hydroxylation is 1. The maximum absolute atomic E-state index is 13.8. The summed E-state index contributed by atoms with van der Waals surface area (Å²) in [5.41, 5.74) is 8.94. The minimum Gasteiger partial charge on any atom is -0.352 e. The molecule has 2 heterocycles. The molecule has 0 bridgehead atoms. The van der Waals surface area contributed by atoms with Crippen molar-refractivity contribution < 1.29 is 14.0 Å². The molecular weight excluding hydrogens is 523 g/mol. The number of benzene rings is 2. The summed E-state index contributed by atoms with van der Waals surface area (Å²) in [5.74, 6) is -0.722. The van der Waals surface area contributed by atoms with E-state index in [-0.39, 0.29) is 35.8 Å². The van der Waals surface area contributed by atoms with Crippen LogP contribution in [0.1, 0.15) is 64.9 Å². The zero-order valence-electron chi connectivity index (χ0n) is 23.1. The Morgan fingerprint density at radius 3 is 2.40 bits per heavy atom. The number of piperidine rings is 1. The lowest BCUT2D eigenvalue weighted by Gasteiger charge is -2.43. The van der Waals surface area contributed by atoms with E-state index >= 15 is 0 Å². The van der Waals surface area contributed by atoms with Crippen molar-refractivity contribution in [3.05, 3.63) is 93.4 Å². The van der Waals surface area contributed by atoms with E-state index in [1.807, 2.05) is 0 Å². The predicted molar refractivity (Wildman–Crippen MR) is 157 cm³/mol. The molecule has 2 atom stereocenters. The highest BCUT2D eigenvalue weighted by Crippen LogP contribution is 2.28. The minimum absolute atomic E-state index is 0.0743. The van der Waals surface area contributed by atoms with Crippen molar-refractivity contribution in [2.45, 2.75) is 82.7 Å². The first-order valence-electron chi connectivity index (χ1n) is 14.3. The molecule has 2 amide bonds. The molecule has 5 rings (SSSR count). The monoisotopic (exact) mass is 562 g/mol. The number of carbonyl (C=O) groups excluding carboxylic acids is 2. The fourth-order valence-electron chi connectivity index (χ4n) is 5.93. The molecule has 2 aromatic carbocycles. The van der Waals surface area contributed by atoms with Crippen LogP contribution in [0.4, 0.5) is 4.39 Å². The number of hydrogen-bond acceptors (Lipinski definition) is 5. The smallest absolute Gasteiger partial charge is 0.254 e. The Morgan fingerprint density at radius 1 is 1.00 bits per heavy atom.